The summed E-state index contributed by atoms with van der Waals surface area (Å²) >= 11 is 3.31. The van der Waals surface area contributed by atoms with E-state index >= 15 is 0 Å². The first-order valence-corrected chi connectivity index (χ1v) is 9.28. The van der Waals surface area contributed by atoms with E-state index in [9.17, 15) is 14.9 Å². The third kappa shape index (κ3) is 3.54. The van der Waals surface area contributed by atoms with Crippen LogP contribution in [-0.2, 0) is 19.7 Å². The van der Waals surface area contributed by atoms with Crippen LogP contribution >= 0.6 is 15.9 Å². The summed E-state index contributed by atoms with van der Waals surface area (Å²) in [4.78, 5) is 26.0. The molecular formula is C18H22BrN3O4. The monoisotopic (exact) mass is 423 g/mol. The van der Waals surface area contributed by atoms with Crippen LogP contribution in [0.1, 0.15) is 65.2 Å². The van der Waals surface area contributed by atoms with Gasteiger partial charge in [0.2, 0.25) is 12.0 Å². The Hall–Kier alpha value is -2.14. The van der Waals surface area contributed by atoms with E-state index in [1.165, 1.54) is 4.90 Å². The zero-order chi connectivity index (χ0) is 19.6. The van der Waals surface area contributed by atoms with Crippen molar-refractivity contribution in [2.45, 2.75) is 65.5 Å². The number of nitrogens with zero attached hydrogens (tertiary/aromatic N) is 3. The van der Waals surface area contributed by atoms with Crippen molar-refractivity contribution in [2.75, 3.05) is 4.90 Å². The molecule has 0 fully saturated rings. The number of carbonyl (C=O) groups excluding carboxylic acids is 2. The predicted molar refractivity (Wildman–Crippen MR) is 98.4 cm³/mol. The molecule has 0 saturated carbocycles. The molecule has 1 atom stereocenters. The van der Waals surface area contributed by atoms with E-state index in [2.05, 4.69) is 27.2 Å². The summed E-state index contributed by atoms with van der Waals surface area (Å²) in [5, 5.41) is 13.6. The molecule has 140 valence electrons. The van der Waals surface area contributed by atoms with E-state index in [0.29, 0.717) is 22.2 Å². The van der Waals surface area contributed by atoms with Crippen molar-refractivity contribution >= 4 is 33.6 Å². The first-order valence-electron chi connectivity index (χ1n) is 8.49. The number of nitriles is 1. The van der Waals surface area contributed by atoms with Gasteiger partial charge >= 0.3 is 5.97 Å². The first-order chi connectivity index (χ1) is 12.2. The number of rotatable bonds is 5. The molecular weight excluding hydrogens is 402 g/mol. The molecule has 1 aliphatic rings. The van der Waals surface area contributed by atoms with Crippen LogP contribution in [0.25, 0.3) is 0 Å². The fourth-order valence-corrected chi connectivity index (χ4v) is 3.30. The summed E-state index contributed by atoms with van der Waals surface area (Å²) in [5.41, 5.74) is 0.357. The normalized spacial score (nSPS) is 17.7. The molecule has 8 heteroatoms. The minimum Gasteiger partial charge on any atom is -0.437 e. The van der Waals surface area contributed by atoms with E-state index in [0.717, 1.165) is 6.42 Å². The molecule has 7 nitrogen and oxygen atoms in total. The van der Waals surface area contributed by atoms with Gasteiger partial charge in [-0.3, -0.25) is 9.59 Å². The summed E-state index contributed by atoms with van der Waals surface area (Å²) in [6.45, 7) is 9.30. The fourth-order valence-electron chi connectivity index (χ4n) is 2.71. The number of hydrogen-bond acceptors (Lipinski definition) is 6. The van der Waals surface area contributed by atoms with Crippen molar-refractivity contribution in [1.82, 2.24) is 5.16 Å². The molecule has 1 aromatic rings. The highest BCUT2D eigenvalue weighted by Gasteiger charge is 2.44. The Bertz CT molecular complexity index is 798. The number of anilines is 1. The molecule has 0 saturated heterocycles. The van der Waals surface area contributed by atoms with Crippen LogP contribution in [0.4, 0.5) is 5.82 Å². The number of ether oxygens (including phenoxy) is 1. The van der Waals surface area contributed by atoms with Crippen LogP contribution in [0.5, 0.6) is 0 Å². The fraction of sp³-hybridized carbons (Fsp3) is 0.556. The number of hydrogen-bond donors (Lipinski definition) is 0. The molecule has 0 aliphatic carbocycles. The maximum absolute atomic E-state index is 12.8. The average molecular weight is 424 g/mol. The summed E-state index contributed by atoms with van der Waals surface area (Å²) in [7, 11) is 0. The highest BCUT2D eigenvalue weighted by atomic mass is 79.9. The topological polar surface area (TPSA) is 96.4 Å². The lowest BCUT2D eigenvalue weighted by molar-refractivity contribution is -0.147. The second-order valence-electron chi connectivity index (χ2n) is 7.03. The van der Waals surface area contributed by atoms with Crippen molar-refractivity contribution in [3.05, 3.63) is 21.4 Å². The van der Waals surface area contributed by atoms with Crippen molar-refractivity contribution in [3.63, 3.8) is 0 Å². The van der Waals surface area contributed by atoms with Crippen LogP contribution in [0.2, 0.25) is 0 Å². The zero-order valence-electron chi connectivity index (χ0n) is 15.6. The lowest BCUT2D eigenvalue weighted by Crippen LogP contribution is -2.39. The molecule has 0 spiro atoms. The summed E-state index contributed by atoms with van der Waals surface area (Å²) in [5.74, 6) is -0.405. The van der Waals surface area contributed by atoms with Crippen LogP contribution < -0.4 is 4.90 Å². The Kier molecular flexibility index (Phi) is 5.91. The molecule has 1 unspecified atom stereocenters. The summed E-state index contributed by atoms with van der Waals surface area (Å²) in [6, 6.07) is 2.07. The third-order valence-electron chi connectivity index (χ3n) is 3.97. The van der Waals surface area contributed by atoms with E-state index < -0.39 is 23.5 Å². The van der Waals surface area contributed by atoms with Gasteiger partial charge in [-0.25, -0.2) is 4.90 Å². The summed E-state index contributed by atoms with van der Waals surface area (Å²) in [6.07, 6.45) is 0.570. The lowest BCUT2D eigenvalue weighted by Gasteiger charge is -2.25. The van der Waals surface area contributed by atoms with Gasteiger partial charge in [0, 0.05) is 17.4 Å². The van der Waals surface area contributed by atoms with Crippen molar-refractivity contribution in [2.24, 2.45) is 0 Å². The van der Waals surface area contributed by atoms with Gasteiger partial charge in [-0.15, -0.1) is 0 Å². The molecule has 26 heavy (non-hydrogen) atoms. The van der Waals surface area contributed by atoms with Gasteiger partial charge in [0.25, 0.3) is 5.91 Å². The van der Waals surface area contributed by atoms with Gasteiger partial charge < -0.3 is 9.26 Å². The van der Waals surface area contributed by atoms with Crippen molar-refractivity contribution in [3.8, 4) is 6.07 Å². The first kappa shape index (κ1) is 20.2. The number of carbonyl (C=O) groups is 2. The number of aromatic nitrogens is 1. The second kappa shape index (κ2) is 7.62. The maximum Gasteiger partial charge on any atom is 0.307 e. The standard InChI is InChI=1S/C18H22BrN3O4/c1-6-8-10-13(19)16(24)22(17(10)25-12(23)7-2)15-11(9-20)14(26-21-15)18(3,4)5/h17H,6-8H2,1-5H3. The van der Waals surface area contributed by atoms with Gasteiger partial charge in [-0.1, -0.05) is 46.2 Å². The van der Waals surface area contributed by atoms with Crippen LogP contribution in [-0.4, -0.2) is 23.3 Å². The Morgan fingerprint density at radius 1 is 1.42 bits per heavy atom. The van der Waals surface area contributed by atoms with Gasteiger partial charge in [0.1, 0.15) is 11.6 Å². The molecule has 2 rings (SSSR count). The van der Waals surface area contributed by atoms with E-state index in [1.807, 2.05) is 27.7 Å². The van der Waals surface area contributed by atoms with Crippen LogP contribution in [0, 0.1) is 11.3 Å². The molecule has 0 radical (unpaired) electrons. The molecule has 0 aromatic carbocycles. The average Bonchev–Trinajstić information content (AvgIpc) is 3.10. The third-order valence-corrected chi connectivity index (χ3v) is 4.82. The largest absolute Gasteiger partial charge is 0.437 e. The Morgan fingerprint density at radius 2 is 2.08 bits per heavy atom. The molecule has 0 N–H and O–H groups in total. The Labute approximate surface area is 161 Å². The Morgan fingerprint density at radius 3 is 2.58 bits per heavy atom. The van der Waals surface area contributed by atoms with E-state index in [-0.39, 0.29) is 17.8 Å². The van der Waals surface area contributed by atoms with Gasteiger partial charge in [-0.05, 0) is 22.4 Å². The zero-order valence-corrected chi connectivity index (χ0v) is 17.1. The van der Waals surface area contributed by atoms with Crippen LogP contribution in [0.3, 0.4) is 0 Å². The molecule has 0 bridgehead atoms. The predicted octanol–water partition coefficient (Wildman–Crippen LogP) is 3.92. The molecule has 1 aromatic heterocycles. The minimum absolute atomic E-state index is 0.0689. The van der Waals surface area contributed by atoms with Gasteiger partial charge in [0.15, 0.2) is 5.76 Å². The van der Waals surface area contributed by atoms with E-state index in [4.69, 9.17) is 9.26 Å². The molecule has 1 aliphatic heterocycles. The second-order valence-corrected chi connectivity index (χ2v) is 7.83. The molecule has 1 amide bonds. The maximum atomic E-state index is 12.8. The van der Waals surface area contributed by atoms with Gasteiger partial charge in [0.05, 0.1) is 4.48 Å². The summed E-state index contributed by atoms with van der Waals surface area (Å²) < 4.78 is 11.2. The van der Waals surface area contributed by atoms with E-state index in [1.54, 1.807) is 6.92 Å². The number of esters is 1. The van der Waals surface area contributed by atoms with Crippen molar-refractivity contribution < 1.29 is 18.8 Å². The highest BCUT2D eigenvalue weighted by Crippen LogP contribution is 2.40. The van der Waals surface area contributed by atoms with Crippen LogP contribution in [0.15, 0.2) is 14.6 Å². The van der Waals surface area contributed by atoms with Crippen molar-refractivity contribution in [1.29, 1.82) is 5.26 Å². The number of amides is 1. The van der Waals surface area contributed by atoms with Gasteiger partial charge in [-0.2, -0.15) is 5.26 Å². The SMILES string of the molecule is CCCC1=C(Br)C(=O)N(c2noc(C(C)(C)C)c2C#N)C1OC(=O)CC. The highest BCUT2D eigenvalue weighted by molar-refractivity contribution is 9.12. The Balaban J connectivity index is 2.57. The smallest absolute Gasteiger partial charge is 0.307 e. The lowest BCUT2D eigenvalue weighted by atomic mass is 9.90. The molecule has 2 heterocycles. The minimum atomic E-state index is -0.936. The number of halogens is 1. The quantitative estimate of drug-likeness (QED) is 0.665.